The Labute approximate surface area is 101 Å². The van der Waals surface area contributed by atoms with Crippen molar-refractivity contribution in [1.82, 2.24) is 0 Å². The summed E-state index contributed by atoms with van der Waals surface area (Å²) in [6, 6.07) is 0. The highest BCUT2D eigenvalue weighted by Gasteiger charge is 2.20. The van der Waals surface area contributed by atoms with E-state index in [-0.39, 0.29) is 0 Å². The molecule has 0 nitrogen and oxygen atoms in total. The molecule has 0 aromatic rings. The van der Waals surface area contributed by atoms with Crippen LogP contribution in [-0.4, -0.2) is 0 Å². The molecule has 0 aromatic heterocycles. The second-order valence-corrected chi connectivity index (χ2v) is 5.49. The van der Waals surface area contributed by atoms with Crippen LogP contribution in [0.2, 0.25) is 0 Å². The normalized spacial score (nSPS) is 32.5. The number of allylic oxidation sites excluding steroid dienone is 4. The minimum Gasteiger partial charge on any atom is -0.0885 e. The molecule has 0 aromatic carbocycles. The number of rotatable bonds is 1. The van der Waals surface area contributed by atoms with Crippen LogP contribution in [0.25, 0.3) is 0 Å². The third-order valence-corrected chi connectivity index (χ3v) is 4.28. The first kappa shape index (κ1) is 12.0. The van der Waals surface area contributed by atoms with E-state index in [9.17, 15) is 0 Å². The SMILES string of the molecule is C1=CCC(C2CCC=CCCC2)CCCC1. The molecule has 0 heterocycles. The Morgan fingerprint density at radius 3 is 2.31 bits per heavy atom. The zero-order chi connectivity index (χ0) is 11.1. The van der Waals surface area contributed by atoms with Gasteiger partial charge >= 0.3 is 0 Å². The Bertz CT molecular complexity index is 236. The summed E-state index contributed by atoms with van der Waals surface area (Å²) < 4.78 is 0. The molecule has 0 aliphatic heterocycles. The number of hydrogen-bond donors (Lipinski definition) is 0. The molecule has 0 heteroatoms. The summed E-state index contributed by atoms with van der Waals surface area (Å²) >= 11 is 0. The minimum atomic E-state index is 0.989. The summed E-state index contributed by atoms with van der Waals surface area (Å²) in [5.74, 6) is 2.00. The van der Waals surface area contributed by atoms with Gasteiger partial charge in [-0.05, 0) is 69.6 Å². The van der Waals surface area contributed by atoms with E-state index in [2.05, 4.69) is 24.3 Å². The summed E-state index contributed by atoms with van der Waals surface area (Å²) in [6.07, 6.45) is 23.7. The molecular weight excluding hydrogens is 192 g/mol. The van der Waals surface area contributed by atoms with Crippen LogP contribution in [-0.2, 0) is 0 Å². The molecule has 2 atom stereocenters. The Morgan fingerprint density at radius 1 is 0.562 bits per heavy atom. The molecule has 0 amide bonds. The molecule has 0 spiro atoms. The van der Waals surface area contributed by atoms with Gasteiger partial charge in [0.25, 0.3) is 0 Å². The van der Waals surface area contributed by atoms with Crippen molar-refractivity contribution in [3.8, 4) is 0 Å². The van der Waals surface area contributed by atoms with Gasteiger partial charge in [0.15, 0.2) is 0 Å². The monoisotopic (exact) mass is 218 g/mol. The molecule has 0 saturated heterocycles. The zero-order valence-electron chi connectivity index (χ0n) is 10.5. The quantitative estimate of drug-likeness (QED) is 0.527. The van der Waals surface area contributed by atoms with Crippen LogP contribution in [0.1, 0.15) is 64.2 Å². The van der Waals surface area contributed by atoms with Crippen molar-refractivity contribution in [2.75, 3.05) is 0 Å². The third kappa shape index (κ3) is 3.81. The van der Waals surface area contributed by atoms with Gasteiger partial charge in [-0.3, -0.25) is 0 Å². The molecule has 2 aliphatic carbocycles. The first-order valence-corrected chi connectivity index (χ1v) is 7.27. The van der Waals surface area contributed by atoms with E-state index in [1.165, 1.54) is 64.2 Å². The van der Waals surface area contributed by atoms with Crippen molar-refractivity contribution < 1.29 is 0 Å². The van der Waals surface area contributed by atoms with Crippen LogP contribution in [0, 0.1) is 11.8 Å². The summed E-state index contributed by atoms with van der Waals surface area (Å²) in [6.45, 7) is 0. The maximum absolute atomic E-state index is 2.46. The first-order valence-electron chi connectivity index (χ1n) is 7.27. The second kappa shape index (κ2) is 6.93. The van der Waals surface area contributed by atoms with Crippen molar-refractivity contribution in [1.29, 1.82) is 0 Å². The Morgan fingerprint density at radius 2 is 1.31 bits per heavy atom. The maximum Gasteiger partial charge on any atom is -0.0320 e. The van der Waals surface area contributed by atoms with Crippen LogP contribution in [0.3, 0.4) is 0 Å². The largest absolute Gasteiger partial charge is 0.0885 e. The lowest BCUT2D eigenvalue weighted by Crippen LogP contribution is -2.16. The van der Waals surface area contributed by atoms with Gasteiger partial charge in [0.05, 0.1) is 0 Å². The average molecular weight is 218 g/mol. The van der Waals surface area contributed by atoms with Crippen LogP contribution in [0.4, 0.5) is 0 Å². The van der Waals surface area contributed by atoms with E-state index >= 15 is 0 Å². The smallest absolute Gasteiger partial charge is 0.0320 e. The highest BCUT2D eigenvalue weighted by molar-refractivity contribution is 4.91. The average Bonchev–Trinajstić information content (AvgIpc) is 2.18. The fourth-order valence-corrected chi connectivity index (χ4v) is 3.26. The summed E-state index contributed by atoms with van der Waals surface area (Å²) in [5, 5.41) is 0. The van der Waals surface area contributed by atoms with Gasteiger partial charge < -0.3 is 0 Å². The fraction of sp³-hybridized carbons (Fsp3) is 0.750. The number of hydrogen-bond acceptors (Lipinski definition) is 0. The van der Waals surface area contributed by atoms with E-state index in [0.717, 1.165) is 11.8 Å². The lowest BCUT2D eigenvalue weighted by molar-refractivity contribution is 0.265. The topological polar surface area (TPSA) is 0 Å². The minimum absolute atomic E-state index is 0.989. The van der Waals surface area contributed by atoms with Crippen molar-refractivity contribution >= 4 is 0 Å². The van der Waals surface area contributed by atoms with Crippen LogP contribution in [0.15, 0.2) is 24.3 Å². The summed E-state index contributed by atoms with van der Waals surface area (Å²) in [5.41, 5.74) is 0. The van der Waals surface area contributed by atoms with E-state index in [4.69, 9.17) is 0 Å². The van der Waals surface area contributed by atoms with Gasteiger partial charge in [-0.1, -0.05) is 30.7 Å². The Balaban J connectivity index is 1.89. The van der Waals surface area contributed by atoms with Crippen LogP contribution < -0.4 is 0 Å². The van der Waals surface area contributed by atoms with E-state index in [1.54, 1.807) is 0 Å². The molecule has 0 radical (unpaired) electrons. The predicted octanol–water partition coefficient (Wildman–Crippen LogP) is 5.26. The fourth-order valence-electron chi connectivity index (χ4n) is 3.26. The third-order valence-electron chi connectivity index (χ3n) is 4.28. The zero-order valence-corrected chi connectivity index (χ0v) is 10.5. The van der Waals surface area contributed by atoms with Gasteiger partial charge in [0.1, 0.15) is 0 Å². The van der Waals surface area contributed by atoms with Gasteiger partial charge in [0.2, 0.25) is 0 Å². The van der Waals surface area contributed by atoms with Crippen molar-refractivity contribution in [2.45, 2.75) is 64.2 Å². The molecule has 16 heavy (non-hydrogen) atoms. The van der Waals surface area contributed by atoms with Crippen LogP contribution in [0.5, 0.6) is 0 Å². The maximum atomic E-state index is 2.46. The molecular formula is C16H26. The van der Waals surface area contributed by atoms with E-state index in [0.29, 0.717) is 0 Å². The molecule has 2 aliphatic rings. The lowest BCUT2D eigenvalue weighted by atomic mass is 9.78. The molecule has 0 fully saturated rings. The highest BCUT2D eigenvalue weighted by atomic mass is 14.3. The van der Waals surface area contributed by atoms with Gasteiger partial charge in [0, 0.05) is 0 Å². The van der Waals surface area contributed by atoms with Crippen molar-refractivity contribution in [2.24, 2.45) is 11.8 Å². The highest BCUT2D eigenvalue weighted by Crippen LogP contribution is 2.33. The molecule has 2 unspecified atom stereocenters. The Kier molecular flexibility index (Phi) is 5.18. The first-order chi connectivity index (χ1) is 7.97. The van der Waals surface area contributed by atoms with Gasteiger partial charge in [-0.25, -0.2) is 0 Å². The Hall–Kier alpha value is -0.520. The summed E-state index contributed by atoms with van der Waals surface area (Å²) in [7, 11) is 0. The molecule has 0 bridgehead atoms. The molecule has 90 valence electrons. The predicted molar refractivity (Wildman–Crippen MR) is 71.4 cm³/mol. The van der Waals surface area contributed by atoms with E-state index in [1.807, 2.05) is 0 Å². The van der Waals surface area contributed by atoms with Crippen molar-refractivity contribution in [3.63, 3.8) is 0 Å². The standard InChI is InChI=1S/C16H26/c1-3-7-11-15(12-8-4-1)16-13-9-5-2-6-10-14-16/h1,3,5,9,15-16H,2,4,6-8,10-14H2. The summed E-state index contributed by atoms with van der Waals surface area (Å²) in [4.78, 5) is 0. The second-order valence-electron chi connectivity index (χ2n) is 5.49. The molecule has 2 rings (SSSR count). The van der Waals surface area contributed by atoms with Crippen molar-refractivity contribution in [3.05, 3.63) is 24.3 Å². The lowest BCUT2D eigenvalue weighted by Gasteiger charge is -2.28. The van der Waals surface area contributed by atoms with E-state index < -0.39 is 0 Å². The molecule has 0 saturated carbocycles. The van der Waals surface area contributed by atoms with Gasteiger partial charge in [-0.15, -0.1) is 0 Å². The van der Waals surface area contributed by atoms with Gasteiger partial charge in [-0.2, -0.15) is 0 Å². The molecule has 0 N–H and O–H groups in total. The van der Waals surface area contributed by atoms with Crippen LogP contribution >= 0.6 is 0 Å².